The summed E-state index contributed by atoms with van der Waals surface area (Å²) in [5.74, 6) is -0.568. The molecule has 1 N–H and O–H groups in total. The maximum atomic E-state index is 15.0. The molecule has 1 saturated heterocycles. The summed E-state index contributed by atoms with van der Waals surface area (Å²) in [6.45, 7) is 3.85. The van der Waals surface area contributed by atoms with Gasteiger partial charge in [-0.3, -0.25) is 4.79 Å². The van der Waals surface area contributed by atoms with E-state index in [2.05, 4.69) is 39.5 Å². The Hall–Kier alpha value is -2.26. The highest BCUT2D eigenvalue weighted by Crippen LogP contribution is 2.30. The van der Waals surface area contributed by atoms with Crippen LogP contribution in [0.4, 0.5) is 10.1 Å². The van der Waals surface area contributed by atoms with Crippen LogP contribution >= 0.6 is 20.7 Å². The van der Waals surface area contributed by atoms with E-state index >= 15 is 0 Å². The van der Waals surface area contributed by atoms with Crippen molar-refractivity contribution in [2.75, 3.05) is 29.7 Å². The van der Waals surface area contributed by atoms with Crippen molar-refractivity contribution in [1.82, 2.24) is 9.88 Å². The fourth-order valence-corrected chi connectivity index (χ4v) is 6.73. The zero-order chi connectivity index (χ0) is 22.2. The molecule has 5 nitrogen and oxygen atoms in total. The summed E-state index contributed by atoms with van der Waals surface area (Å²) in [5, 5.41) is 3.50. The summed E-state index contributed by atoms with van der Waals surface area (Å²) in [7, 11) is 2.14. The van der Waals surface area contributed by atoms with Crippen LogP contribution in [0.3, 0.4) is 0 Å². The van der Waals surface area contributed by atoms with Crippen molar-refractivity contribution in [1.29, 1.82) is 0 Å². The van der Waals surface area contributed by atoms with Gasteiger partial charge in [-0.05, 0) is 53.1 Å². The lowest BCUT2D eigenvalue weighted by Crippen LogP contribution is -2.38. The number of carbonyl (C=O) groups is 1. The number of anilines is 1. The molecule has 3 heterocycles. The molecule has 32 heavy (non-hydrogen) atoms. The van der Waals surface area contributed by atoms with Crippen molar-refractivity contribution >= 4 is 47.2 Å². The monoisotopic (exact) mass is 547 g/mol. The molecule has 0 saturated carbocycles. The number of nitrogens with zero attached hydrogens (tertiary/aromatic N) is 2. The fraction of sp³-hybridized carbons (Fsp3) is 0.360. The van der Waals surface area contributed by atoms with Crippen LogP contribution in [0.2, 0.25) is 0 Å². The number of carbonyl (C=O) groups excluding carboxylic acids is 1. The molecule has 1 aromatic heterocycles. The van der Waals surface area contributed by atoms with Crippen LogP contribution in [0.25, 0.3) is 10.9 Å². The smallest absolute Gasteiger partial charge is 0.253 e. The van der Waals surface area contributed by atoms with E-state index in [9.17, 15) is 9.18 Å². The average molecular weight is 547 g/mol. The number of benzene rings is 2. The SMILES string of the molecule is Cc1ccc(F)c2c(C(=O)NC3CCOCC3)cn(Cc3ccc4c(c3)C=ICN4C)c12. The standard InChI is InChI=1S/C25H27FIN3O2/c1-16-3-5-21(26)23-20(25(31)28-19-7-9-32-10-8-19)14-30(24(16)23)13-17-4-6-22-18(11-17)12-27-15-29(22)2/h3-6,11-12,14,19H,7-10,13,15H2,1-2H3,(H,28,31). The van der Waals surface area contributed by atoms with Crippen LogP contribution in [-0.2, 0) is 11.3 Å². The molecule has 2 aromatic carbocycles. The van der Waals surface area contributed by atoms with Crippen molar-refractivity contribution < 1.29 is 13.9 Å². The summed E-state index contributed by atoms with van der Waals surface area (Å²) in [6, 6.07) is 9.85. The predicted molar refractivity (Wildman–Crippen MR) is 136 cm³/mol. The Morgan fingerprint density at radius 1 is 1.25 bits per heavy atom. The minimum atomic E-state index is -0.355. The van der Waals surface area contributed by atoms with Gasteiger partial charge in [0.2, 0.25) is 0 Å². The molecule has 0 radical (unpaired) electrons. The van der Waals surface area contributed by atoms with Crippen LogP contribution in [0.15, 0.2) is 36.5 Å². The molecule has 0 aliphatic carbocycles. The number of halogens is 2. The van der Waals surface area contributed by atoms with Crippen LogP contribution in [0.5, 0.6) is 0 Å². The number of fused-ring (bicyclic) bond motifs is 2. The largest absolute Gasteiger partial charge is 0.381 e. The van der Waals surface area contributed by atoms with Crippen LogP contribution in [-0.4, -0.2) is 45.3 Å². The van der Waals surface area contributed by atoms with Crippen molar-refractivity contribution in [2.24, 2.45) is 0 Å². The Balaban J connectivity index is 1.52. The van der Waals surface area contributed by atoms with E-state index in [4.69, 9.17) is 4.74 Å². The number of alkyl halides is 1. The Bertz CT molecular complexity index is 1210. The van der Waals surface area contributed by atoms with Gasteiger partial charge in [0.15, 0.2) is 0 Å². The molecule has 168 valence electrons. The first kappa shape index (κ1) is 21.6. The third-order valence-corrected chi connectivity index (χ3v) is 8.80. The molecule has 5 rings (SSSR count). The summed E-state index contributed by atoms with van der Waals surface area (Å²) in [5.41, 5.74) is 5.84. The molecule has 0 spiro atoms. The second kappa shape index (κ2) is 8.94. The van der Waals surface area contributed by atoms with Crippen molar-refractivity contribution in [3.05, 3.63) is 64.6 Å². The summed E-state index contributed by atoms with van der Waals surface area (Å²) in [6.07, 6.45) is 3.39. The van der Waals surface area contributed by atoms with Gasteiger partial charge in [0.05, 0.1) is 15.6 Å². The minimum absolute atomic E-state index is 0.0422. The predicted octanol–water partition coefficient (Wildman–Crippen LogP) is 4.57. The lowest BCUT2D eigenvalue weighted by molar-refractivity contribution is 0.0697. The highest BCUT2D eigenvalue weighted by atomic mass is 127. The molecule has 2 aliphatic rings. The van der Waals surface area contributed by atoms with Crippen molar-refractivity contribution in [3.8, 4) is 0 Å². The number of aromatic nitrogens is 1. The first-order chi connectivity index (χ1) is 15.5. The van der Waals surface area contributed by atoms with E-state index in [-0.39, 0.29) is 38.5 Å². The second-order valence-corrected chi connectivity index (χ2v) is 10.8. The van der Waals surface area contributed by atoms with Crippen molar-refractivity contribution in [2.45, 2.75) is 32.4 Å². The quantitative estimate of drug-likeness (QED) is 0.296. The molecule has 2 aliphatic heterocycles. The van der Waals surface area contributed by atoms with Gasteiger partial charge in [0, 0.05) is 55.7 Å². The zero-order valence-corrected chi connectivity index (χ0v) is 20.5. The maximum absolute atomic E-state index is 15.0. The van der Waals surface area contributed by atoms with Gasteiger partial charge < -0.3 is 19.5 Å². The lowest BCUT2D eigenvalue weighted by Gasteiger charge is -2.23. The van der Waals surface area contributed by atoms with Gasteiger partial charge in [-0.1, -0.05) is 32.9 Å². The van der Waals surface area contributed by atoms with E-state index < -0.39 is 0 Å². The van der Waals surface area contributed by atoms with Crippen LogP contribution < -0.4 is 10.2 Å². The minimum Gasteiger partial charge on any atom is -0.381 e. The maximum Gasteiger partial charge on any atom is 0.253 e. The molecule has 0 bridgehead atoms. The normalized spacial score (nSPS) is 16.7. The number of hydrogen-bond donors (Lipinski definition) is 1. The molecule has 3 aromatic rings. The third-order valence-electron chi connectivity index (χ3n) is 6.27. The number of amides is 1. The van der Waals surface area contributed by atoms with Gasteiger partial charge in [0.1, 0.15) is 5.82 Å². The lowest BCUT2D eigenvalue weighted by atomic mass is 10.1. The number of rotatable bonds is 4. The van der Waals surface area contributed by atoms with E-state index in [0.29, 0.717) is 30.7 Å². The summed E-state index contributed by atoms with van der Waals surface area (Å²) >= 11 is 0.0422. The molecule has 1 amide bonds. The molecule has 7 heteroatoms. The molecule has 0 atom stereocenters. The van der Waals surface area contributed by atoms with E-state index in [1.165, 1.54) is 17.3 Å². The fourth-order valence-electron chi connectivity index (χ4n) is 4.60. The topological polar surface area (TPSA) is 46.5 Å². The van der Waals surface area contributed by atoms with E-state index in [1.54, 1.807) is 6.07 Å². The van der Waals surface area contributed by atoms with E-state index in [0.717, 1.165) is 34.0 Å². The number of aryl methyl sites for hydroxylation is 1. The molecule has 1 fully saturated rings. The first-order valence-corrected chi connectivity index (χ1v) is 13.7. The van der Waals surface area contributed by atoms with Gasteiger partial charge in [-0.25, -0.2) is 4.39 Å². The Morgan fingerprint density at radius 2 is 2.06 bits per heavy atom. The number of ether oxygens (including phenoxy) is 1. The van der Waals surface area contributed by atoms with Crippen molar-refractivity contribution in [3.63, 3.8) is 0 Å². The van der Waals surface area contributed by atoms with Crippen LogP contribution in [0, 0.1) is 12.7 Å². The average Bonchev–Trinajstić information content (AvgIpc) is 3.18. The van der Waals surface area contributed by atoms with Gasteiger partial charge in [0.25, 0.3) is 5.91 Å². The molecular formula is C25H27FIN3O2. The summed E-state index contributed by atoms with van der Waals surface area (Å²) in [4.78, 5) is 15.5. The Morgan fingerprint density at radius 3 is 2.88 bits per heavy atom. The number of hydrogen-bond acceptors (Lipinski definition) is 3. The highest BCUT2D eigenvalue weighted by Gasteiger charge is 2.23. The number of nitrogens with one attached hydrogen (secondary N) is 1. The summed E-state index contributed by atoms with van der Waals surface area (Å²) < 4.78 is 25.9. The van der Waals surface area contributed by atoms with Gasteiger partial charge >= 0.3 is 0 Å². The third kappa shape index (κ3) is 4.08. The molecular weight excluding hydrogens is 520 g/mol. The van der Waals surface area contributed by atoms with Crippen LogP contribution in [0.1, 0.15) is 39.9 Å². The van der Waals surface area contributed by atoms with Gasteiger partial charge in [-0.2, -0.15) is 0 Å². The molecule has 0 unspecified atom stereocenters. The highest BCUT2D eigenvalue weighted by molar-refractivity contribution is 14.2. The second-order valence-electron chi connectivity index (χ2n) is 8.59. The first-order valence-electron chi connectivity index (χ1n) is 10.9. The van der Waals surface area contributed by atoms with Gasteiger partial charge in [-0.15, -0.1) is 0 Å². The Kier molecular flexibility index (Phi) is 6.03. The van der Waals surface area contributed by atoms with E-state index in [1.807, 2.05) is 17.7 Å². The zero-order valence-electron chi connectivity index (χ0n) is 18.3. The Labute approximate surface area is 197 Å².